The molecule has 2 aromatic rings. The molecule has 0 aromatic heterocycles. The Morgan fingerprint density at radius 2 is 1.95 bits per heavy atom. The fourth-order valence-electron chi connectivity index (χ4n) is 2.20. The number of halogens is 1. The van der Waals surface area contributed by atoms with Crippen LogP contribution < -0.4 is 5.32 Å². The van der Waals surface area contributed by atoms with Gasteiger partial charge in [0.1, 0.15) is 0 Å². The van der Waals surface area contributed by atoms with Crippen LogP contribution in [0.4, 0.5) is 0 Å². The SMILES string of the molecule is CCC(CCCl)NC(=O)c1cccc2ccccc12. The number of rotatable bonds is 5. The van der Waals surface area contributed by atoms with Gasteiger partial charge in [-0.2, -0.15) is 0 Å². The lowest BCUT2D eigenvalue weighted by atomic mass is 10.0. The van der Waals surface area contributed by atoms with Crippen molar-refractivity contribution >= 4 is 28.3 Å². The van der Waals surface area contributed by atoms with E-state index in [0.717, 1.165) is 29.2 Å². The lowest BCUT2D eigenvalue weighted by Crippen LogP contribution is -2.34. The molecule has 0 aliphatic heterocycles. The van der Waals surface area contributed by atoms with Gasteiger partial charge in [0, 0.05) is 17.5 Å². The van der Waals surface area contributed by atoms with E-state index in [0.29, 0.717) is 5.88 Å². The van der Waals surface area contributed by atoms with Gasteiger partial charge in [0.25, 0.3) is 5.91 Å². The number of fused-ring (bicyclic) bond motifs is 1. The summed E-state index contributed by atoms with van der Waals surface area (Å²) in [6.07, 6.45) is 1.69. The number of hydrogen-bond donors (Lipinski definition) is 1. The topological polar surface area (TPSA) is 29.1 Å². The lowest BCUT2D eigenvalue weighted by molar-refractivity contribution is 0.0937. The third-order valence-corrected chi connectivity index (χ3v) is 3.54. The number of amides is 1. The number of nitrogens with one attached hydrogen (secondary N) is 1. The van der Waals surface area contributed by atoms with Crippen LogP contribution in [-0.2, 0) is 0 Å². The molecular formula is C16H18ClNO. The predicted octanol–water partition coefficient (Wildman–Crippen LogP) is 3.98. The quantitative estimate of drug-likeness (QED) is 0.822. The van der Waals surface area contributed by atoms with Gasteiger partial charge in [0.05, 0.1) is 0 Å². The Bertz CT molecular complexity index is 562. The highest BCUT2D eigenvalue weighted by Crippen LogP contribution is 2.18. The van der Waals surface area contributed by atoms with E-state index in [1.807, 2.05) is 42.5 Å². The van der Waals surface area contributed by atoms with Gasteiger partial charge < -0.3 is 5.32 Å². The van der Waals surface area contributed by atoms with E-state index in [1.54, 1.807) is 0 Å². The van der Waals surface area contributed by atoms with E-state index < -0.39 is 0 Å². The van der Waals surface area contributed by atoms with E-state index in [-0.39, 0.29) is 11.9 Å². The molecule has 2 aromatic carbocycles. The molecule has 1 N–H and O–H groups in total. The molecule has 1 atom stereocenters. The van der Waals surface area contributed by atoms with E-state index in [1.165, 1.54) is 0 Å². The molecule has 2 nitrogen and oxygen atoms in total. The Labute approximate surface area is 118 Å². The van der Waals surface area contributed by atoms with Crippen molar-refractivity contribution in [3.63, 3.8) is 0 Å². The average molecular weight is 276 g/mol. The molecular weight excluding hydrogens is 258 g/mol. The Morgan fingerprint density at radius 3 is 2.68 bits per heavy atom. The van der Waals surface area contributed by atoms with Crippen LogP contribution in [0.5, 0.6) is 0 Å². The van der Waals surface area contributed by atoms with Gasteiger partial charge in [-0.25, -0.2) is 0 Å². The first-order valence-electron chi connectivity index (χ1n) is 6.61. The zero-order chi connectivity index (χ0) is 13.7. The molecule has 0 aliphatic carbocycles. The summed E-state index contributed by atoms with van der Waals surface area (Å²) in [6.45, 7) is 2.06. The molecule has 100 valence electrons. The summed E-state index contributed by atoms with van der Waals surface area (Å²) >= 11 is 5.75. The van der Waals surface area contributed by atoms with Gasteiger partial charge in [-0.05, 0) is 29.7 Å². The normalized spacial score (nSPS) is 12.3. The van der Waals surface area contributed by atoms with Crippen LogP contribution in [0.2, 0.25) is 0 Å². The van der Waals surface area contributed by atoms with Crippen LogP contribution >= 0.6 is 11.6 Å². The highest BCUT2D eigenvalue weighted by molar-refractivity contribution is 6.17. The minimum absolute atomic E-state index is 0.0197. The van der Waals surface area contributed by atoms with Gasteiger partial charge in [0.15, 0.2) is 0 Å². The maximum absolute atomic E-state index is 12.3. The van der Waals surface area contributed by atoms with Gasteiger partial charge >= 0.3 is 0 Å². The lowest BCUT2D eigenvalue weighted by Gasteiger charge is -2.16. The molecule has 0 fully saturated rings. The Morgan fingerprint density at radius 1 is 1.21 bits per heavy atom. The standard InChI is InChI=1S/C16H18ClNO/c1-2-13(10-11-17)18-16(19)15-9-5-7-12-6-3-4-8-14(12)15/h3-9,13H,2,10-11H2,1H3,(H,18,19). The molecule has 2 rings (SSSR count). The molecule has 0 radical (unpaired) electrons. The average Bonchev–Trinajstić information content (AvgIpc) is 2.46. The molecule has 0 aliphatic rings. The van der Waals surface area contributed by atoms with Gasteiger partial charge in [0.2, 0.25) is 0 Å². The largest absolute Gasteiger partial charge is 0.349 e. The Hall–Kier alpha value is -1.54. The summed E-state index contributed by atoms with van der Waals surface area (Å²) in [5, 5.41) is 5.13. The minimum Gasteiger partial charge on any atom is -0.349 e. The van der Waals surface area contributed by atoms with Crippen molar-refractivity contribution in [1.82, 2.24) is 5.32 Å². The molecule has 1 amide bonds. The Balaban J connectivity index is 2.26. The third-order valence-electron chi connectivity index (χ3n) is 3.32. The van der Waals surface area contributed by atoms with Crippen molar-refractivity contribution in [2.24, 2.45) is 0 Å². The first-order chi connectivity index (χ1) is 9.26. The first kappa shape index (κ1) is 13.9. The van der Waals surface area contributed by atoms with E-state index in [4.69, 9.17) is 11.6 Å². The van der Waals surface area contributed by atoms with Crippen molar-refractivity contribution in [3.05, 3.63) is 48.0 Å². The fourth-order valence-corrected chi connectivity index (χ4v) is 2.46. The zero-order valence-electron chi connectivity index (χ0n) is 11.0. The second kappa shape index (κ2) is 6.58. The van der Waals surface area contributed by atoms with Gasteiger partial charge in [-0.1, -0.05) is 43.3 Å². The number of carbonyl (C=O) groups excluding carboxylic acids is 1. The number of carbonyl (C=O) groups is 1. The Kier molecular flexibility index (Phi) is 4.80. The summed E-state index contributed by atoms with van der Waals surface area (Å²) in [5.74, 6) is 0.544. The van der Waals surface area contributed by atoms with Gasteiger partial charge in [-0.3, -0.25) is 4.79 Å². The fraction of sp³-hybridized carbons (Fsp3) is 0.312. The highest BCUT2D eigenvalue weighted by atomic mass is 35.5. The molecule has 3 heteroatoms. The van der Waals surface area contributed by atoms with Crippen LogP contribution in [0.3, 0.4) is 0 Å². The van der Waals surface area contributed by atoms with Crippen LogP contribution in [0.15, 0.2) is 42.5 Å². The summed E-state index contributed by atoms with van der Waals surface area (Å²) in [5.41, 5.74) is 0.728. The number of hydrogen-bond acceptors (Lipinski definition) is 1. The first-order valence-corrected chi connectivity index (χ1v) is 7.14. The molecule has 0 bridgehead atoms. The van der Waals surface area contributed by atoms with E-state index in [2.05, 4.69) is 12.2 Å². The molecule has 0 saturated carbocycles. The second-order valence-electron chi connectivity index (χ2n) is 4.58. The van der Waals surface area contributed by atoms with Crippen LogP contribution in [-0.4, -0.2) is 17.8 Å². The minimum atomic E-state index is -0.0197. The number of benzene rings is 2. The monoisotopic (exact) mass is 275 g/mol. The molecule has 1 unspecified atom stereocenters. The summed E-state index contributed by atoms with van der Waals surface area (Å²) in [6, 6.07) is 13.9. The van der Waals surface area contributed by atoms with Crippen molar-refractivity contribution in [3.8, 4) is 0 Å². The predicted molar refractivity (Wildman–Crippen MR) is 80.8 cm³/mol. The van der Waals surface area contributed by atoms with Crippen LogP contribution in [0.25, 0.3) is 10.8 Å². The number of alkyl halides is 1. The van der Waals surface area contributed by atoms with Gasteiger partial charge in [-0.15, -0.1) is 11.6 Å². The summed E-state index contributed by atoms with van der Waals surface area (Å²) in [7, 11) is 0. The maximum Gasteiger partial charge on any atom is 0.252 e. The van der Waals surface area contributed by atoms with Crippen LogP contribution in [0.1, 0.15) is 30.1 Å². The van der Waals surface area contributed by atoms with Crippen LogP contribution in [0, 0.1) is 0 Å². The summed E-state index contributed by atoms with van der Waals surface area (Å²) < 4.78 is 0. The van der Waals surface area contributed by atoms with E-state index in [9.17, 15) is 4.79 Å². The molecule has 0 heterocycles. The van der Waals surface area contributed by atoms with Crippen molar-refractivity contribution in [1.29, 1.82) is 0 Å². The molecule has 0 saturated heterocycles. The van der Waals surface area contributed by atoms with Crippen molar-refractivity contribution < 1.29 is 4.79 Å². The zero-order valence-corrected chi connectivity index (χ0v) is 11.8. The summed E-state index contributed by atoms with van der Waals surface area (Å²) in [4.78, 5) is 12.3. The van der Waals surface area contributed by atoms with Crippen molar-refractivity contribution in [2.45, 2.75) is 25.8 Å². The van der Waals surface area contributed by atoms with E-state index >= 15 is 0 Å². The maximum atomic E-state index is 12.3. The smallest absolute Gasteiger partial charge is 0.252 e. The third kappa shape index (κ3) is 3.27. The van der Waals surface area contributed by atoms with Crippen molar-refractivity contribution in [2.75, 3.05) is 5.88 Å². The molecule has 0 spiro atoms. The second-order valence-corrected chi connectivity index (χ2v) is 4.96. The highest BCUT2D eigenvalue weighted by Gasteiger charge is 2.13. The molecule has 19 heavy (non-hydrogen) atoms.